The Morgan fingerprint density at radius 2 is 1.76 bits per heavy atom. The molecule has 10 heteroatoms. The van der Waals surface area contributed by atoms with Crippen molar-refractivity contribution in [1.29, 1.82) is 0 Å². The van der Waals surface area contributed by atoms with Crippen molar-refractivity contribution in [3.8, 4) is 28.6 Å². The van der Waals surface area contributed by atoms with E-state index in [9.17, 15) is 4.79 Å². The number of methoxy groups -OCH3 is 3. The van der Waals surface area contributed by atoms with E-state index in [1.54, 1.807) is 56.6 Å². The lowest BCUT2D eigenvalue weighted by Gasteiger charge is -2.29. The number of carbonyl (C=O) groups is 1. The van der Waals surface area contributed by atoms with E-state index >= 15 is 0 Å². The number of hydrogen-bond acceptors (Lipinski definition) is 8. The first kappa shape index (κ1) is 23.9. The van der Waals surface area contributed by atoms with Gasteiger partial charge in [0.2, 0.25) is 5.95 Å². The molecule has 1 aliphatic heterocycles. The molecule has 4 aromatic rings. The number of pyridine rings is 1. The van der Waals surface area contributed by atoms with Crippen LogP contribution in [-0.2, 0) is 4.79 Å². The zero-order chi connectivity index (χ0) is 25.9. The third-order valence-corrected chi connectivity index (χ3v) is 6.09. The highest BCUT2D eigenvalue weighted by molar-refractivity contribution is 6.06. The summed E-state index contributed by atoms with van der Waals surface area (Å²) in [6, 6.07) is 16.0. The fraction of sp³-hybridized carbons (Fsp3) is 0.185. The number of nitrogens with zero attached hydrogens (tertiary/aromatic N) is 4. The van der Waals surface area contributed by atoms with E-state index in [0.717, 1.165) is 11.1 Å². The molecule has 2 N–H and O–H groups in total. The van der Waals surface area contributed by atoms with Crippen LogP contribution in [0, 0.1) is 0 Å². The third-order valence-electron chi connectivity index (χ3n) is 6.09. The summed E-state index contributed by atoms with van der Waals surface area (Å²) in [6.45, 7) is 1.84. The second-order valence-corrected chi connectivity index (χ2v) is 8.28. The Kier molecular flexibility index (Phi) is 6.46. The van der Waals surface area contributed by atoms with Crippen molar-refractivity contribution in [3.05, 3.63) is 83.8 Å². The standard InChI is InChI=1S/C27H26N6O4/c1-16-23(26(34)30-18-8-7-13-28-15-18)24(17-11-12-21(36-3)22(14-17)37-4)33-27(29-16)31-25(32-33)19-9-5-6-10-20(19)35-2/h5-15,24H,1-4H3,(H,30,34)(H,29,31,32)/t24-/m0/s1. The van der Waals surface area contributed by atoms with Gasteiger partial charge >= 0.3 is 0 Å². The molecule has 5 rings (SSSR count). The normalized spacial score (nSPS) is 14.4. The largest absolute Gasteiger partial charge is 0.496 e. The Labute approximate surface area is 213 Å². The maximum Gasteiger partial charge on any atom is 0.255 e. The SMILES string of the molecule is COc1ccc([C@H]2C(C(=O)Nc3cccnc3)=C(C)Nc3nc(-c4ccccc4OC)nn32)cc1OC. The van der Waals surface area contributed by atoms with Gasteiger partial charge in [-0.3, -0.25) is 9.78 Å². The van der Waals surface area contributed by atoms with Crippen LogP contribution in [0.15, 0.2) is 78.3 Å². The molecule has 10 nitrogen and oxygen atoms in total. The van der Waals surface area contributed by atoms with Gasteiger partial charge in [0, 0.05) is 11.9 Å². The number of anilines is 2. The topological polar surface area (TPSA) is 112 Å². The number of ether oxygens (including phenoxy) is 3. The minimum atomic E-state index is -0.608. The quantitative estimate of drug-likeness (QED) is 0.388. The van der Waals surface area contributed by atoms with Gasteiger partial charge in [-0.05, 0) is 48.9 Å². The minimum Gasteiger partial charge on any atom is -0.496 e. The Morgan fingerprint density at radius 1 is 0.973 bits per heavy atom. The number of allylic oxidation sites excluding steroid dienone is 1. The molecule has 37 heavy (non-hydrogen) atoms. The number of nitrogens with one attached hydrogen (secondary N) is 2. The molecule has 1 aliphatic rings. The molecule has 0 saturated carbocycles. The van der Waals surface area contributed by atoms with E-state index in [-0.39, 0.29) is 5.91 Å². The molecule has 1 amide bonds. The summed E-state index contributed by atoms with van der Waals surface area (Å²) in [5.41, 5.74) is 3.21. The molecule has 0 saturated heterocycles. The molecule has 3 heterocycles. The predicted molar refractivity (Wildman–Crippen MR) is 139 cm³/mol. The lowest BCUT2D eigenvalue weighted by molar-refractivity contribution is -0.113. The van der Waals surface area contributed by atoms with Crippen molar-refractivity contribution in [1.82, 2.24) is 19.7 Å². The molecule has 0 fully saturated rings. The Balaban J connectivity index is 1.65. The van der Waals surface area contributed by atoms with Gasteiger partial charge in [-0.1, -0.05) is 18.2 Å². The zero-order valence-electron chi connectivity index (χ0n) is 20.9. The number of benzene rings is 2. The number of para-hydroxylation sites is 1. The van der Waals surface area contributed by atoms with Crippen molar-refractivity contribution >= 4 is 17.5 Å². The monoisotopic (exact) mass is 498 g/mol. The highest BCUT2D eigenvalue weighted by atomic mass is 16.5. The fourth-order valence-electron chi connectivity index (χ4n) is 4.35. The summed E-state index contributed by atoms with van der Waals surface area (Å²) in [6.07, 6.45) is 3.24. The van der Waals surface area contributed by atoms with Crippen LogP contribution in [0.2, 0.25) is 0 Å². The lowest BCUT2D eigenvalue weighted by Crippen LogP contribution is -2.31. The van der Waals surface area contributed by atoms with Gasteiger partial charge in [-0.2, -0.15) is 4.98 Å². The molecule has 0 aliphatic carbocycles. The van der Waals surface area contributed by atoms with Crippen LogP contribution in [0.25, 0.3) is 11.4 Å². The second kappa shape index (κ2) is 10.0. The van der Waals surface area contributed by atoms with Gasteiger partial charge in [0.05, 0.1) is 44.4 Å². The first-order valence-electron chi connectivity index (χ1n) is 11.5. The number of fused-ring (bicyclic) bond motifs is 1. The summed E-state index contributed by atoms with van der Waals surface area (Å²) in [5, 5.41) is 11.0. The van der Waals surface area contributed by atoms with Crippen molar-refractivity contribution in [3.63, 3.8) is 0 Å². The predicted octanol–water partition coefficient (Wildman–Crippen LogP) is 4.29. The van der Waals surface area contributed by atoms with Gasteiger partial charge in [-0.25, -0.2) is 4.68 Å². The van der Waals surface area contributed by atoms with Crippen LogP contribution in [0.1, 0.15) is 18.5 Å². The Morgan fingerprint density at radius 3 is 2.49 bits per heavy atom. The molecular weight excluding hydrogens is 472 g/mol. The Hall–Kier alpha value is -4.86. The zero-order valence-corrected chi connectivity index (χ0v) is 20.9. The van der Waals surface area contributed by atoms with Gasteiger partial charge in [0.15, 0.2) is 17.3 Å². The molecule has 0 radical (unpaired) electrons. The third kappa shape index (κ3) is 4.44. The van der Waals surface area contributed by atoms with E-state index in [1.807, 2.05) is 43.3 Å². The van der Waals surface area contributed by atoms with Crippen LogP contribution < -0.4 is 24.8 Å². The van der Waals surface area contributed by atoms with E-state index < -0.39 is 6.04 Å². The highest BCUT2D eigenvalue weighted by Crippen LogP contribution is 2.40. The molecule has 1 atom stereocenters. The average molecular weight is 499 g/mol. The fourth-order valence-corrected chi connectivity index (χ4v) is 4.35. The highest BCUT2D eigenvalue weighted by Gasteiger charge is 2.35. The molecular formula is C27H26N6O4. The second-order valence-electron chi connectivity index (χ2n) is 8.28. The number of hydrogen-bond donors (Lipinski definition) is 2. The van der Waals surface area contributed by atoms with Crippen molar-refractivity contribution in [2.45, 2.75) is 13.0 Å². The van der Waals surface area contributed by atoms with Crippen LogP contribution >= 0.6 is 0 Å². The van der Waals surface area contributed by atoms with E-state index in [1.165, 1.54) is 0 Å². The van der Waals surface area contributed by atoms with Gasteiger partial charge in [-0.15, -0.1) is 5.10 Å². The van der Waals surface area contributed by atoms with E-state index in [2.05, 4.69) is 15.6 Å². The molecule has 2 aromatic heterocycles. The lowest BCUT2D eigenvalue weighted by atomic mass is 9.94. The molecule has 0 bridgehead atoms. The van der Waals surface area contributed by atoms with Crippen molar-refractivity contribution in [2.24, 2.45) is 0 Å². The number of amides is 1. The van der Waals surface area contributed by atoms with E-state index in [0.29, 0.717) is 46.0 Å². The average Bonchev–Trinajstić information content (AvgIpc) is 3.35. The smallest absolute Gasteiger partial charge is 0.255 e. The Bertz CT molecular complexity index is 1480. The summed E-state index contributed by atoms with van der Waals surface area (Å²) < 4.78 is 18.2. The summed E-state index contributed by atoms with van der Waals surface area (Å²) in [4.78, 5) is 22.5. The molecule has 0 unspecified atom stereocenters. The minimum absolute atomic E-state index is 0.294. The van der Waals surface area contributed by atoms with E-state index in [4.69, 9.17) is 24.3 Å². The summed E-state index contributed by atoms with van der Waals surface area (Å²) >= 11 is 0. The number of carbonyl (C=O) groups excluding carboxylic acids is 1. The van der Waals surface area contributed by atoms with Crippen LogP contribution in [0.5, 0.6) is 17.2 Å². The molecule has 188 valence electrons. The van der Waals surface area contributed by atoms with Crippen LogP contribution in [0.3, 0.4) is 0 Å². The first-order chi connectivity index (χ1) is 18.0. The molecule has 0 spiro atoms. The molecule has 2 aromatic carbocycles. The number of aromatic nitrogens is 4. The maximum atomic E-state index is 13.7. The van der Waals surface area contributed by atoms with Crippen molar-refractivity contribution in [2.75, 3.05) is 32.0 Å². The van der Waals surface area contributed by atoms with Gasteiger partial charge in [0.1, 0.15) is 11.8 Å². The maximum absolute atomic E-state index is 13.7. The van der Waals surface area contributed by atoms with Crippen LogP contribution in [0.4, 0.5) is 11.6 Å². The summed E-state index contributed by atoms with van der Waals surface area (Å²) in [7, 11) is 4.75. The van der Waals surface area contributed by atoms with Gasteiger partial charge in [0.25, 0.3) is 5.91 Å². The van der Waals surface area contributed by atoms with Crippen LogP contribution in [-0.4, -0.2) is 47.0 Å². The number of rotatable bonds is 7. The first-order valence-corrected chi connectivity index (χ1v) is 11.5. The summed E-state index contributed by atoms with van der Waals surface area (Å²) in [5.74, 6) is 2.43. The van der Waals surface area contributed by atoms with Gasteiger partial charge < -0.3 is 24.8 Å². The van der Waals surface area contributed by atoms with Crippen molar-refractivity contribution < 1.29 is 19.0 Å².